The maximum atomic E-state index is 10.9. The summed E-state index contributed by atoms with van der Waals surface area (Å²) in [4.78, 5) is 20.1. The molecule has 0 aromatic carbocycles. The fourth-order valence-corrected chi connectivity index (χ4v) is 1.53. The van der Waals surface area contributed by atoms with Gasteiger partial charge in [0, 0.05) is 6.54 Å². The lowest BCUT2D eigenvalue weighted by Crippen LogP contribution is -2.17. The summed E-state index contributed by atoms with van der Waals surface area (Å²) in [6, 6.07) is 0. The minimum absolute atomic E-state index is 0.0354. The van der Waals surface area contributed by atoms with E-state index in [1.807, 2.05) is 19.0 Å². The van der Waals surface area contributed by atoms with Gasteiger partial charge in [0.2, 0.25) is 11.8 Å². The molecule has 100 valence electrons. The molecule has 1 rings (SSSR count). The topological polar surface area (TPSA) is 110 Å². The van der Waals surface area contributed by atoms with Crippen molar-refractivity contribution in [2.45, 2.75) is 13.3 Å². The zero-order valence-electron chi connectivity index (χ0n) is 10.8. The Hall–Kier alpha value is -1.96. The summed E-state index contributed by atoms with van der Waals surface area (Å²) < 4.78 is 0. The SMILES string of the molecule is Cc1nc(N)nc(NCCCN(C)C)c1[N+](=O)[O-]. The van der Waals surface area contributed by atoms with Gasteiger partial charge in [-0.1, -0.05) is 0 Å². The third kappa shape index (κ3) is 3.81. The number of rotatable bonds is 6. The number of hydrogen-bond acceptors (Lipinski definition) is 7. The second-order valence-electron chi connectivity index (χ2n) is 4.21. The quantitative estimate of drug-likeness (QED) is 0.435. The molecular formula is C10H18N6O2. The van der Waals surface area contributed by atoms with Gasteiger partial charge in [0.15, 0.2) is 0 Å². The molecule has 0 atom stereocenters. The van der Waals surface area contributed by atoms with Gasteiger partial charge in [-0.25, -0.2) is 4.98 Å². The lowest BCUT2D eigenvalue weighted by molar-refractivity contribution is -0.385. The van der Waals surface area contributed by atoms with E-state index < -0.39 is 4.92 Å². The molecule has 0 fully saturated rings. The molecule has 8 nitrogen and oxygen atoms in total. The van der Waals surface area contributed by atoms with E-state index in [0.29, 0.717) is 6.54 Å². The molecule has 0 spiro atoms. The van der Waals surface area contributed by atoms with Crippen LogP contribution in [0.25, 0.3) is 0 Å². The number of aromatic nitrogens is 2. The molecule has 0 aliphatic heterocycles. The predicted octanol–water partition coefficient (Wildman–Crippen LogP) is 0.639. The van der Waals surface area contributed by atoms with Crippen molar-refractivity contribution >= 4 is 17.5 Å². The number of aryl methyl sites for hydroxylation is 1. The van der Waals surface area contributed by atoms with Gasteiger partial charge in [-0.2, -0.15) is 4.98 Å². The van der Waals surface area contributed by atoms with Crippen molar-refractivity contribution < 1.29 is 4.92 Å². The third-order valence-corrected chi connectivity index (χ3v) is 2.33. The zero-order chi connectivity index (χ0) is 13.7. The number of nitrogen functional groups attached to an aromatic ring is 1. The van der Waals surface area contributed by atoms with Crippen LogP contribution in [0.2, 0.25) is 0 Å². The first-order chi connectivity index (χ1) is 8.41. The lowest BCUT2D eigenvalue weighted by atomic mass is 10.3. The Bertz CT molecular complexity index is 435. The number of nitrogens with zero attached hydrogens (tertiary/aromatic N) is 4. The van der Waals surface area contributed by atoms with E-state index in [2.05, 4.69) is 15.3 Å². The highest BCUT2D eigenvalue weighted by atomic mass is 16.6. The number of hydrogen-bond donors (Lipinski definition) is 2. The van der Waals surface area contributed by atoms with E-state index in [0.717, 1.165) is 13.0 Å². The summed E-state index contributed by atoms with van der Waals surface area (Å²) in [6.07, 6.45) is 0.854. The molecule has 0 radical (unpaired) electrons. The molecule has 8 heteroatoms. The van der Waals surface area contributed by atoms with Crippen molar-refractivity contribution in [1.82, 2.24) is 14.9 Å². The molecule has 0 bridgehead atoms. The molecule has 1 heterocycles. The minimum atomic E-state index is -0.497. The van der Waals surface area contributed by atoms with Crippen LogP contribution in [0.4, 0.5) is 17.5 Å². The van der Waals surface area contributed by atoms with Crippen molar-refractivity contribution in [1.29, 1.82) is 0 Å². The normalized spacial score (nSPS) is 10.7. The fraction of sp³-hybridized carbons (Fsp3) is 0.600. The highest BCUT2D eigenvalue weighted by Crippen LogP contribution is 2.25. The molecule has 0 unspecified atom stereocenters. The summed E-state index contributed by atoms with van der Waals surface area (Å²) in [5.74, 6) is 0.219. The standard InChI is InChI=1S/C10H18N6O2/c1-7-8(16(17)18)9(14-10(11)13-7)12-5-4-6-15(2)3/h4-6H2,1-3H3,(H3,11,12,13,14). The monoisotopic (exact) mass is 254 g/mol. The molecule has 1 aromatic rings. The van der Waals surface area contributed by atoms with E-state index in [4.69, 9.17) is 5.73 Å². The number of nitrogens with one attached hydrogen (secondary N) is 1. The summed E-state index contributed by atoms with van der Waals surface area (Å²) >= 11 is 0. The largest absolute Gasteiger partial charge is 0.368 e. The van der Waals surface area contributed by atoms with Gasteiger partial charge in [-0.05, 0) is 34.0 Å². The lowest BCUT2D eigenvalue weighted by Gasteiger charge is -2.11. The molecule has 18 heavy (non-hydrogen) atoms. The Labute approximate surface area is 105 Å². The van der Waals surface area contributed by atoms with Crippen molar-refractivity contribution in [3.63, 3.8) is 0 Å². The second-order valence-corrected chi connectivity index (χ2v) is 4.21. The van der Waals surface area contributed by atoms with Crippen LogP contribution in [0, 0.1) is 17.0 Å². The number of nitrogens with two attached hydrogens (primary N) is 1. The maximum Gasteiger partial charge on any atom is 0.332 e. The Morgan fingerprint density at radius 3 is 2.67 bits per heavy atom. The van der Waals surface area contributed by atoms with E-state index in [-0.39, 0.29) is 23.1 Å². The predicted molar refractivity (Wildman–Crippen MR) is 69.5 cm³/mol. The molecule has 1 aromatic heterocycles. The van der Waals surface area contributed by atoms with E-state index in [1.54, 1.807) is 6.92 Å². The summed E-state index contributed by atoms with van der Waals surface area (Å²) in [6.45, 7) is 3.02. The first kappa shape index (κ1) is 14.1. The van der Waals surface area contributed by atoms with E-state index in [1.165, 1.54) is 0 Å². The van der Waals surface area contributed by atoms with Crippen LogP contribution in [0.1, 0.15) is 12.1 Å². The van der Waals surface area contributed by atoms with Crippen LogP contribution in [-0.2, 0) is 0 Å². The van der Waals surface area contributed by atoms with Crippen LogP contribution in [0.15, 0.2) is 0 Å². The Morgan fingerprint density at radius 1 is 1.44 bits per heavy atom. The smallest absolute Gasteiger partial charge is 0.332 e. The third-order valence-electron chi connectivity index (χ3n) is 2.33. The summed E-state index contributed by atoms with van der Waals surface area (Å²) in [7, 11) is 3.94. The van der Waals surface area contributed by atoms with Crippen LogP contribution in [0.5, 0.6) is 0 Å². The highest BCUT2D eigenvalue weighted by Gasteiger charge is 2.20. The fourth-order valence-electron chi connectivity index (χ4n) is 1.53. The van der Waals surface area contributed by atoms with Gasteiger partial charge < -0.3 is 16.0 Å². The average Bonchev–Trinajstić information content (AvgIpc) is 2.22. The molecule has 0 saturated carbocycles. The second kappa shape index (κ2) is 6.10. The van der Waals surface area contributed by atoms with Gasteiger partial charge in [-0.3, -0.25) is 10.1 Å². The van der Waals surface area contributed by atoms with E-state index in [9.17, 15) is 10.1 Å². The van der Waals surface area contributed by atoms with Crippen molar-refractivity contribution in [2.24, 2.45) is 0 Å². The van der Waals surface area contributed by atoms with Gasteiger partial charge in [-0.15, -0.1) is 0 Å². The maximum absolute atomic E-state index is 10.9. The molecule has 0 aliphatic rings. The Kier molecular flexibility index (Phi) is 4.78. The van der Waals surface area contributed by atoms with Crippen LogP contribution < -0.4 is 11.1 Å². The first-order valence-corrected chi connectivity index (χ1v) is 5.59. The average molecular weight is 254 g/mol. The summed E-state index contributed by atoms with van der Waals surface area (Å²) in [5.41, 5.74) is 5.64. The zero-order valence-corrected chi connectivity index (χ0v) is 10.8. The Balaban J connectivity index is 2.77. The van der Waals surface area contributed by atoms with Gasteiger partial charge in [0.1, 0.15) is 5.69 Å². The van der Waals surface area contributed by atoms with Gasteiger partial charge in [0.05, 0.1) is 4.92 Å². The van der Waals surface area contributed by atoms with Crippen LogP contribution in [-0.4, -0.2) is 47.0 Å². The number of nitro groups is 1. The van der Waals surface area contributed by atoms with E-state index >= 15 is 0 Å². The molecule has 0 amide bonds. The molecule has 0 saturated heterocycles. The van der Waals surface area contributed by atoms with Crippen LogP contribution in [0.3, 0.4) is 0 Å². The minimum Gasteiger partial charge on any atom is -0.368 e. The summed E-state index contributed by atoms with van der Waals surface area (Å²) in [5, 5.41) is 13.9. The molecular weight excluding hydrogens is 236 g/mol. The van der Waals surface area contributed by atoms with Crippen LogP contribution >= 0.6 is 0 Å². The number of anilines is 2. The molecule has 3 N–H and O–H groups in total. The van der Waals surface area contributed by atoms with Crippen molar-refractivity contribution in [3.05, 3.63) is 15.8 Å². The van der Waals surface area contributed by atoms with Gasteiger partial charge >= 0.3 is 5.69 Å². The van der Waals surface area contributed by atoms with Crippen molar-refractivity contribution in [3.8, 4) is 0 Å². The Morgan fingerprint density at radius 2 is 2.11 bits per heavy atom. The molecule has 0 aliphatic carbocycles. The first-order valence-electron chi connectivity index (χ1n) is 5.59. The van der Waals surface area contributed by atoms with Crippen molar-refractivity contribution in [2.75, 3.05) is 38.2 Å². The highest BCUT2D eigenvalue weighted by molar-refractivity contribution is 5.60. The van der Waals surface area contributed by atoms with Gasteiger partial charge in [0.25, 0.3) is 0 Å².